The molecule has 7 nitrogen and oxygen atoms in total. The minimum absolute atomic E-state index is 0.0558. The third-order valence-corrected chi connectivity index (χ3v) is 2.15. The summed E-state index contributed by atoms with van der Waals surface area (Å²) in [5, 5.41) is 8.92. The molecule has 0 fully saturated rings. The van der Waals surface area contributed by atoms with Crippen LogP contribution in [0.1, 0.15) is 36.2 Å². The summed E-state index contributed by atoms with van der Waals surface area (Å²) in [5.41, 5.74) is 0. The minimum Gasteiger partial charge on any atom is -0.347 e. The van der Waals surface area contributed by atoms with Gasteiger partial charge in [-0.1, -0.05) is 13.8 Å². The second kappa shape index (κ2) is 5.42. The predicted molar refractivity (Wildman–Crippen MR) is 61.5 cm³/mol. The summed E-state index contributed by atoms with van der Waals surface area (Å²) in [6.45, 7) is 3.83. The van der Waals surface area contributed by atoms with Gasteiger partial charge in [-0.05, 0) is 0 Å². The summed E-state index contributed by atoms with van der Waals surface area (Å²) in [6.07, 6.45) is 0. The number of carbonyl (C=O) groups is 2. The molecule has 0 aliphatic rings. The van der Waals surface area contributed by atoms with Crippen LogP contribution in [0.2, 0.25) is 0 Å². The van der Waals surface area contributed by atoms with Gasteiger partial charge in [0.05, 0.1) is 6.54 Å². The highest BCUT2D eigenvalue weighted by Gasteiger charge is 2.15. The van der Waals surface area contributed by atoms with Crippen molar-refractivity contribution in [1.82, 2.24) is 25.4 Å². The van der Waals surface area contributed by atoms with E-state index in [-0.39, 0.29) is 24.2 Å². The van der Waals surface area contributed by atoms with E-state index in [1.54, 1.807) is 14.1 Å². The van der Waals surface area contributed by atoms with Crippen molar-refractivity contribution in [3.63, 3.8) is 0 Å². The van der Waals surface area contributed by atoms with Crippen molar-refractivity contribution in [2.75, 3.05) is 20.6 Å². The second-order valence-electron chi connectivity index (χ2n) is 4.17. The quantitative estimate of drug-likeness (QED) is 0.757. The highest BCUT2D eigenvalue weighted by molar-refractivity contribution is 5.93. The van der Waals surface area contributed by atoms with E-state index >= 15 is 0 Å². The lowest BCUT2D eigenvalue weighted by Crippen LogP contribution is -2.36. The average molecular weight is 239 g/mol. The zero-order valence-corrected chi connectivity index (χ0v) is 10.4. The number of rotatable bonds is 4. The van der Waals surface area contributed by atoms with Crippen LogP contribution < -0.4 is 5.32 Å². The van der Waals surface area contributed by atoms with Crippen molar-refractivity contribution >= 4 is 11.8 Å². The van der Waals surface area contributed by atoms with E-state index in [1.807, 2.05) is 13.8 Å². The van der Waals surface area contributed by atoms with Crippen molar-refractivity contribution in [3.05, 3.63) is 11.6 Å². The molecular formula is C10H17N5O2. The number of H-pyrrole nitrogens is 1. The molecule has 0 saturated carbocycles. The molecule has 2 amide bonds. The van der Waals surface area contributed by atoms with Gasteiger partial charge in [-0.25, -0.2) is 4.98 Å². The molecule has 1 rings (SSSR count). The van der Waals surface area contributed by atoms with E-state index in [2.05, 4.69) is 20.5 Å². The van der Waals surface area contributed by atoms with E-state index in [0.29, 0.717) is 5.82 Å². The topological polar surface area (TPSA) is 91.0 Å². The Morgan fingerprint density at radius 3 is 2.53 bits per heavy atom. The first kappa shape index (κ1) is 13.1. The average Bonchev–Trinajstić information content (AvgIpc) is 2.74. The fourth-order valence-corrected chi connectivity index (χ4v) is 1.03. The van der Waals surface area contributed by atoms with Gasteiger partial charge in [-0.15, -0.1) is 5.10 Å². The highest BCUT2D eigenvalue weighted by Crippen LogP contribution is 2.07. The molecule has 0 saturated heterocycles. The van der Waals surface area contributed by atoms with Crippen LogP contribution >= 0.6 is 0 Å². The van der Waals surface area contributed by atoms with Crippen LogP contribution in [0.15, 0.2) is 0 Å². The fourth-order valence-electron chi connectivity index (χ4n) is 1.03. The number of aromatic nitrogens is 3. The summed E-state index contributed by atoms with van der Waals surface area (Å²) >= 11 is 0. The van der Waals surface area contributed by atoms with Gasteiger partial charge in [0.25, 0.3) is 5.91 Å². The second-order valence-corrected chi connectivity index (χ2v) is 4.17. The van der Waals surface area contributed by atoms with Crippen LogP contribution in [0, 0.1) is 0 Å². The molecule has 17 heavy (non-hydrogen) atoms. The van der Waals surface area contributed by atoms with E-state index in [0.717, 1.165) is 0 Å². The van der Waals surface area contributed by atoms with Crippen LogP contribution in [0.4, 0.5) is 0 Å². The lowest BCUT2D eigenvalue weighted by atomic mass is 10.2. The van der Waals surface area contributed by atoms with E-state index < -0.39 is 5.91 Å². The first-order valence-electron chi connectivity index (χ1n) is 5.32. The molecule has 1 aromatic heterocycles. The Kier molecular flexibility index (Phi) is 4.19. The lowest BCUT2D eigenvalue weighted by Gasteiger charge is -2.09. The monoisotopic (exact) mass is 239 g/mol. The van der Waals surface area contributed by atoms with Crippen LogP contribution in [0.25, 0.3) is 0 Å². The summed E-state index contributed by atoms with van der Waals surface area (Å²) in [4.78, 5) is 28.3. The Hall–Kier alpha value is -1.92. The molecule has 0 atom stereocenters. The van der Waals surface area contributed by atoms with Gasteiger partial charge >= 0.3 is 0 Å². The van der Waals surface area contributed by atoms with Crippen molar-refractivity contribution in [1.29, 1.82) is 0 Å². The molecule has 2 N–H and O–H groups in total. The molecule has 0 aliphatic heterocycles. The third kappa shape index (κ3) is 3.54. The molecule has 0 spiro atoms. The Balaban J connectivity index is 2.55. The summed E-state index contributed by atoms with van der Waals surface area (Å²) in [6, 6.07) is 0. The van der Waals surface area contributed by atoms with Crippen molar-refractivity contribution < 1.29 is 9.59 Å². The molecule has 0 radical (unpaired) electrons. The number of nitrogens with zero attached hydrogens (tertiary/aromatic N) is 3. The number of amides is 2. The number of aromatic amines is 1. The number of likely N-dealkylation sites (N-methyl/N-ethyl adjacent to an activating group) is 1. The van der Waals surface area contributed by atoms with Crippen molar-refractivity contribution in [3.8, 4) is 0 Å². The largest absolute Gasteiger partial charge is 0.347 e. The maximum absolute atomic E-state index is 11.6. The van der Waals surface area contributed by atoms with Gasteiger partial charge in [0.1, 0.15) is 5.82 Å². The Morgan fingerprint density at radius 1 is 1.41 bits per heavy atom. The molecule has 1 heterocycles. The predicted octanol–water partition coefficient (Wildman–Crippen LogP) is -0.254. The van der Waals surface area contributed by atoms with E-state index in [4.69, 9.17) is 0 Å². The van der Waals surface area contributed by atoms with Crippen LogP contribution in [-0.2, 0) is 4.79 Å². The first-order chi connectivity index (χ1) is 7.91. The molecule has 0 unspecified atom stereocenters. The molecule has 0 aromatic carbocycles. The van der Waals surface area contributed by atoms with Crippen LogP contribution in [0.3, 0.4) is 0 Å². The third-order valence-electron chi connectivity index (χ3n) is 2.15. The maximum Gasteiger partial charge on any atom is 0.291 e. The van der Waals surface area contributed by atoms with Gasteiger partial charge < -0.3 is 10.2 Å². The Labute approximate surface area is 99.6 Å². The van der Waals surface area contributed by atoms with Gasteiger partial charge in [0.2, 0.25) is 11.7 Å². The van der Waals surface area contributed by atoms with Crippen LogP contribution in [0.5, 0.6) is 0 Å². The van der Waals surface area contributed by atoms with Crippen molar-refractivity contribution in [2.24, 2.45) is 0 Å². The van der Waals surface area contributed by atoms with E-state index in [9.17, 15) is 9.59 Å². The van der Waals surface area contributed by atoms with Crippen molar-refractivity contribution in [2.45, 2.75) is 19.8 Å². The summed E-state index contributed by atoms with van der Waals surface area (Å²) in [7, 11) is 3.25. The number of hydrogen-bond donors (Lipinski definition) is 2. The van der Waals surface area contributed by atoms with Gasteiger partial charge in [-0.2, -0.15) is 0 Å². The van der Waals surface area contributed by atoms with Gasteiger partial charge in [0, 0.05) is 20.0 Å². The molecule has 94 valence electrons. The maximum atomic E-state index is 11.6. The standard InChI is InChI=1S/C10H17N5O2/c1-6(2)8-12-9(14-13-8)10(17)11-5-7(16)15(3)4/h6H,5H2,1-4H3,(H,11,17)(H,12,13,14). The molecule has 0 aliphatic carbocycles. The zero-order valence-electron chi connectivity index (χ0n) is 10.4. The Morgan fingerprint density at radius 2 is 2.06 bits per heavy atom. The minimum atomic E-state index is -0.455. The molecule has 1 aromatic rings. The summed E-state index contributed by atoms with van der Waals surface area (Å²) in [5.74, 6) is 0.239. The zero-order chi connectivity index (χ0) is 13.0. The van der Waals surface area contributed by atoms with Crippen LogP contribution in [-0.4, -0.2) is 52.5 Å². The number of hydrogen-bond acceptors (Lipinski definition) is 4. The summed E-state index contributed by atoms with van der Waals surface area (Å²) < 4.78 is 0. The van der Waals surface area contributed by atoms with E-state index in [1.165, 1.54) is 4.90 Å². The molecular weight excluding hydrogens is 222 g/mol. The number of nitrogens with one attached hydrogen (secondary N) is 2. The Bertz CT molecular complexity index is 411. The normalized spacial score (nSPS) is 10.4. The fraction of sp³-hybridized carbons (Fsp3) is 0.600. The van der Waals surface area contributed by atoms with Gasteiger partial charge in [0.15, 0.2) is 0 Å². The smallest absolute Gasteiger partial charge is 0.291 e. The van der Waals surface area contributed by atoms with Gasteiger partial charge in [-0.3, -0.25) is 14.7 Å². The number of carbonyl (C=O) groups excluding carboxylic acids is 2. The first-order valence-corrected chi connectivity index (χ1v) is 5.32. The molecule has 0 bridgehead atoms. The molecule has 7 heteroatoms. The SMILES string of the molecule is CC(C)c1nc(C(=O)NCC(=O)N(C)C)n[nH]1. The lowest BCUT2D eigenvalue weighted by molar-refractivity contribution is -0.127. The highest BCUT2D eigenvalue weighted by atomic mass is 16.2.